The van der Waals surface area contributed by atoms with E-state index in [2.05, 4.69) is 11.9 Å². The van der Waals surface area contributed by atoms with E-state index in [9.17, 15) is 14.4 Å². The van der Waals surface area contributed by atoms with E-state index in [4.69, 9.17) is 21.1 Å². The van der Waals surface area contributed by atoms with Crippen LogP contribution in [-0.2, 0) is 16.2 Å². The zero-order chi connectivity index (χ0) is 24.8. The maximum atomic E-state index is 13.1. The van der Waals surface area contributed by atoms with Crippen LogP contribution in [0.15, 0.2) is 91.0 Å². The van der Waals surface area contributed by atoms with Crippen LogP contribution in [0.5, 0.6) is 11.5 Å². The van der Waals surface area contributed by atoms with Crippen molar-refractivity contribution in [2.45, 2.75) is 6.61 Å². The molecule has 1 aliphatic heterocycles. The second-order valence-electron chi connectivity index (χ2n) is 7.52. The van der Waals surface area contributed by atoms with Crippen LogP contribution in [0.25, 0.3) is 6.08 Å². The molecule has 4 amide bonds. The number of barbiturate groups is 1. The molecule has 35 heavy (non-hydrogen) atoms. The first-order valence-corrected chi connectivity index (χ1v) is 11.1. The molecule has 1 fully saturated rings. The summed E-state index contributed by atoms with van der Waals surface area (Å²) in [5.74, 6) is -0.524. The number of rotatable bonds is 8. The van der Waals surface area contributed by atoms with E-state index in [0.717, 1.165) is 10.5 Å². The number of urea groups is 1. The number of imide groups is 2. The first kappa shape index (κ1) is 23.8. The maximum absolute atomic E-state index is 13.1. The SMILES string of the molecule is C=CCOc1ccc(/C=C2\C(=O)NC(=O)N(c3ccc(OCc4ccccc4)cc3)C2=O)cc1Cl. The van der Waals surface area contributed by atoms with E-state index >= 15 is 0 Å². The van der Waals surface area contributed by atoms with Crippen molar-refractivity contribution in [2.75, 3.05) is 11.5 Å². The molecule has 1 saturated heterocycles. The van der Waals surface area contributed by atoms with Crippen LogP contribution in [0.3, 0.4) is 0 Å². The third-order valence-electron chi connectivity index (χ3n) is 5.07. The lowest BCUT2D eigenvalue weighted by Gasteiger charge is -2.26. The summed E-state index contributed by atoms with van der Waals surface area (Å²) in [4.78, 5) is 38.9. The predicted octanol–water partition coefficient (Wildman–Crippen LogP) is 5.15. The van der Waals surface area contributed by atoms with Gasteiger partial charge in [0.05, 0.1) is 10.7 Å². The van der Waals surface area contributed by atoms with Gasteiger partial charge < -0.3 is 9.47 Å². The summed E-state index contributed by atoms with van der Waals surface area (Å²) < 4.78 is 11.2. The number of benzene rings is 3. The van der Waals surface area contributed by atoms with E-state index in [1.807, 2.05) is 30.3 Å². The summed E-state index contributed by atoms with van der Waals surface area (Å²) in [5, 5.41) is 2.51. The van der Waals surface area contributed by atoms with E-state index in [1.54, 1.807) is 48.5 Å². The van der Waals surface area contributed by atoms with Gasteiger partial charge in [-0.2, -0.15) is 0 Å². The molecule has 1 N–H and O–H groups in total. The zero-order valence-electron chi connectivity index (χ0n) is 18.6. The second-order valence-corrected chi connectivity index (χ2v) is 7.92. The van der Waals surface area contributed by atoms with Crippen molar-refractivity contribution in [3.8, 4) is 11.5 Å². The topological polar surface area (TPSA) is 84.9 Å². The van der Waals surface area contributed by atoms with Crippen LogP contribution in [0.2, 0.25) is 5.02 Å². The van der Waals surface area contributed by atoms with Gasteiger partial charge in [-0.1, -0.05) is 60.7 Å². The van der Waals surface area contributed by atoms with Crippen LogP contribution in [-0.4, -0.2) is 24.5 Å². The van der Waals surface area contributed by atoms with Crippen molar-refractivity contribution in [1.82, 2.24) is 5.32 Å². The van der Waals surface area contributed by atoms with Gasteiger partial charge in [-0.25, -0.2) is 9.69 Å². The highest BCUT2D eigenvalue weighted by atomic mass is 35.5. The molecule has 7 nitrogen and oxygen atoms in total. The van der Waals surface area contributed by atoms with Gasteiger partial charge in [0.15, 0.2) is 0 Å². The van der Waals surface area contributed by atoms with Gasteiger partial charge in [-0.05, 0) is 53.6 Å². The largest absolute Gasteiger partial charge is 0.489 e. The quantitative estimate of drug-likeness (QED) is 0.269. The van der Waals surface area contributed by atoms with Gasteiger partial charge in [-0.3, -0.25) is 14.9 Å². The Bertz CT molecular complexity index is 1300. The lowest BCUT2D eigenvalue weighted by atomic mass is 10.1. The van der Waals surface area contributed by atoms with Crippen LogP contribution < -0.4 is 19.7 Å². The molecule has 0 saturated carbocycles. The monoisotopic (exact) mass is 488 g/mol. The molecular weight excluding hydrogens is 468 g/mol. The molecule has 8 heteroatoms. The maximum Gasteiger partial charge on any atom is 0.335 e. The van der Waals surface area contributed by atoms with Gasteiger partial charge in [0, 0.05) is 0 Å². The lowest BCUT2D eigenvalue weighted by molar-refractivity contribution is -0.122. The van der Waals surface area contributed by atoms with Crippen molar-refractivity contribution >= 4 is 41.2 Å². The minimum Gasteiger partial charge on any atom is -0.489 e. The zero-order valence-corrected chi connectivity index (χ0v) is 19.3. The lowest BCUT2D eigenvalue weighted by Crippen LogP contribution is -2.54. The number of hydrogen-bond acceptors (Lipinski definition) is 5. The number of hydrogen-bond donors (Lipinski definition) is 1. The highest BCUT2D eigenvalue weighted by Crippen LogP contribution is 2.28. The molecule has 0 atom stereocenters. The molecule has 176 valence electrons. The summed E-state index contributed by atoms with van der Waals surface area (Å²) >= 11 is 6.23. The van der Waals surface area contributed by atoms with Crippen LogP contribution >= 0.6 is 11.6 Å². The molecule has 0 radical (unpaired) electrons. The fourth-order valence-corrected chi connectivity index (χ4v) is 3.61. The number of halogens is 1. The Balaban J connectivity index is 1.52. The number of carbonyl (C=O) groups excluding carboxylic acids is 3. The Morgan fingerprint density at radius 3 is 2.37 bits per heavy atom. The van der Waals surface area contributed by atoms with Crippen molar-refractivity contribution in [2.24, 2.45) is 0 Å². The summed E-state index contributed by atoms with van der Waals surface area (Å²) in [6, 6.07) is 20.1. The number of amides is 4. The molecule has 1 heterocycles. The number of anilines is 1. The normalized spacial score (nSPS) is 14.6. The number of ether oxygens (including phenoxy) is 2. The first-order valence-electron chi connectivity index (χ1n) is 10.7. The van der Waals surface area contributed by atoms with E-state index in [0.29, 0.717) is 34.4 Å². The molecule has 0 bridgehead atoms. The minimum absolute atomic E-state index is 0.204. The molecule has 0 unspecified atom stereocenters. The molecule has 0 aliphatic carbocycles. The third kappa shape index (κ3) is 5.59. The van der Waals surface area contributed by atoms with Crippen molar-refractivity contribution in [1.29, 1.82) is 0 Å². The number of carbonyl (C=O) groups is 3. The average molecular weight is 489 g/mol. The highest BCUT2D eigenvalue weighted by Gasteiger charge is 2.36. The third-order valence-corrected chi connectivity index (χ3v) is 5.36. The van der Waals surface area contributed by atoms with Crippen LogP contribution in [0.1, 0.15) is 11.1 Å². The Morgan fingerprint density at radius 2 is 1.69 bits per heavy atom. The highest BCUT2D eigenvalue weighted by molar-refractivity contribution is 6.39. The first-order chi connectivity index (χ1) is 17.0. The van der Waals surface area contributed by atoms with E-state index in [-0.39, 0.29) is 12.2 Å². The Morgan fingerprint density at radius 1 is 0.943 bits per heavy atom. The van der Waals surface area contributed by atoms with Crippen LogP contribution in [0.4, 0.5) is 10.5 Å². The summed E-state index contributed by atoms with van der Waals surface area (Å²) in [6.45, 7) is 4.25. The predicted molar refractivity (Wildman–Crippen MR) is 133 cm³/mol. The van der Waals surface area contributed by atoms with Crippen LogP contribution in [0, 0.1) is 0 Å². The van der Waals surface area contributed by atoms with Gasteiger partial charge >= 0.3 is 6.03 Å². The molecule has 0 aromatic heterocycles. The van der Waals surface area contributed by atoms with Gasteiger partial charge in [0.2, 0.25) is 0 Å². The van der Waals surface area contributed by atoms with Gasteiger partial charge in [0.25, 0.3) is 11.8 Å². The number of nitrogens with zero attached hydrogens (tertiary/aromatic N) is 1. The summed E-state index contributed by atoms with van der Waals surface area (Å²) in [7, 11) is 0. The smallest absolute Gasteiger partial charge is 0.335 e. The standard InChI is InChI=1S/C27H21ClN2O5/c1-2-14-34-24-13-8-19(16-23(24)28)15-22-25(31)29-27(33)30(26(22)32)20-9-11-21(12-10-20)35-17-18-6-4-3-5-7-18/h2-13,15-16H,1,14,17H2,(H,29,31,33)/b22-15+. The van der Waals surface area contributed by atoms with E-state index in [1.165, 1.54) is 6.08 Å². The minimum atomic E-state index is -0.832. The molecule has 4 rings (SSSR count). The molecule has 3 aromatic carbocycles. The molecule has 0 spiro atoms. The van der Waals surface area contributed by atoms with Gasteiger partial charge in [0.1, 0.15) is 30.3 Å². The molecule has 3 aromatic rings. The summed E-state index contributed by atoms with van der Waals surface area (Å²) in [6.07, 6.45) is 2.96. The van der Waals surface area contributed by atoms with Crippen molar-refractivity contribution < 1.29 is 23.9 Å². The average Bonchev–Trinajstić information content (AvgIpc) is 2.86. The Labute approximate surface area is 207 Å². The fourth-order valence-electron chi connectivity index (χ4n) is 3.36. The Hall–Kier alpha value is -4.36. The van der Waals surface area contributed by atoms with E-state index < -0.39 is 17.8 Å². The Kier molecular flexibility index (Phi) is 7.28. The second kappa shape index (κ2) is 10.7. The summed E-state index contributed by atoms with van der Waals surface area (Å²) in [5.41, 5.74) is 1.60. The van der Waals surface area contributed by atoms with Gasteiger partial charge in [-0.15, -0.1) is 0 Å². The van der Waals surface area contributed by atoms with Crippen molar-refractivity contribution in [3.05, 3.63) is 107 Å². The fraction of sp³-hybridized carbons (Fsp3) is 0.0741. The molecule has 1 aliphatic rings. The van der Waals surface area contributed by atoms with Crippen molar-refractivity contribution in [3.63, 3.8) is 0 Å². The number of nitrogens with one attached hydrogen (secondary N) is 1. The molecular formula is C27H21ClN2O5.